The van der Waals surface area contributed by atoms with Gasteiger partial charge in [-0.25, -0.2) is 9.78 Å². The summed E-state index contributed by atoms with van der Waals surface area (Å²) >= 11 is 0. The van der Waals surface area contributed by atoms with Crippen molar-refractivity contribution in [1.82, 2.24) is 0 Å². The summed E-state index contributed by atoms with van der Waals surface area (Å²) in [5, 5.41) is 0. The predicted molar refractivity (Wildman–Crippen MR) is 92.4 cm³/mol. The minimum absolute atomic E-state index is 0.272. The summed E-state index contributed by atoms with van der Waals surface area (Å²) in [6, 6.07) is 10.5. The molecule has 25 heavy (non-hydrogen) atoms. The molecule has 0 radical (unpaired) electrons. The lowest BCUT2D eigenvalue weighted by atomic mass is 9.61. The normalized spacial score (nSPS) is 45.6. The topological polar surface area (TPSA) is 36.9 Å². The zero-order chi connectivity index (χ0) is 16.9. The maximum Gasteiger partial charge on any atom is 0.204 e. The van der Waals surface area contributed by atoms with Crippen molar-refractivity contribution in [2.24, 2.45) is 17.8 Å². The van der Waals surface area contributed by atoms with Crippen LogP contribution in [0.25, 0.3) is 0 Å². The SMILES string of the molecule is C[C@@H]1CC[C@H]2CCO[C@@H]3O[C@@]4(CCc5ccccc5)CC[C@@H]1[C@@]23OO4. The molecule has 4 aliphatic heterocycles. The van der Waals surface area contributed by atoms with Gasteiger partial charge >= 0.3 is 0 Å². The Bertz CT molecular complexity index is 616. The van der Waals surface area contributed by atoms with E-state index in [0.29, 0.717) is 17.8 Å². The minimum atomic E-state index is -0.662. The van der Waals surface area contributed by atoms with E-state index >= 15 is 0 Å². The van der Waals surface area contributed by atoms with E-state index in [-0.39, 0.29) is 11.9 Å². The van der Waals surface area contributed by atoms with E-state index in [1.807, 2.05) is 0 Å². The lowest BCUT2D eigenvalue weighted by Gasteiger charge is -2.57. The second-order valence-electron chi connectivity index (χ2n) is 8.42. The number of fused-ring (bicyclic) bond motifs is 2. The molecule has 2 bridgehead atoms. The van der Waals surface area contributed by atoms with Gasteiger partial charge in [-0.2, -0.15) is 0 Å². The smallest absolute Gasteiger partial charge is 0.204 e. The highest BCUT2D eigenvalue weighted by atomic mass is 17.3. The van der Waals surface area contributed by atoms with Crippen molar-refractivity contribution < 1.29 is 19.2 Å². The lowest BCUT2D eigenvalue weighted by Crippen LogP contribution is -2.67. The average molecular weight is 344 g/mol. The van der Waals surface area contributed by atoms with Crippen molar-refractivity contribution in [2.75, 3.05) is 6.61 Å². The molecule has 0 unspecified atom stereocenters. The van der Waals surface area contributed by atoms with Crippen LogP contribution in [0.1, 0.15) is 51.0 Å². The summed E-state index contributed by atoms with van der Waals surface area (Å²) in [5.74, 6) is 0.941. The molecule has 1 saturated carbocycles. The highest BCUT2D eigenvalue weighted by molar-refractivity contribution is 5.15. The Morgan fingerprint density at radius 2 is 1.92 bits per heavy atom. The molecule has 0 N–H and O–H groups in total. The molecule has 6 rings (SSSR count). The van der Waals surface area contributed by atoms with Gasteiger partial charge in [-0.05, 0) is 55.4 Å². The van der Waals surface area contributed by atoms with Crippen molar-refractivity contribution in [1.29, 1.82) is 0 Å². The summed E-state index contributed by atoms with van der Waals surface area (Å²) in [6.45, 7) is 3.14. The molecule has 1 spiro atoms. The maximum absolute atomic E-state index is 6.53. The van der Waals surface area contributed by atoms with Crippen LogP contribution in [0.4, 0.5) is 0 Å². The third-order valence-electron chi connectivity index (χ3n) is 7.11. The largest absolute Gasteiger partial charge is 0.349 e. The molecule has 0 amide bonds. The van der Waals surface area contributed by atoms with Crippen LogP contribution in [-0.4, -0.2) is 24.3 Å². The van der Waals surface area contributed by atoms with Crippen LogP contribution in [0, 0.1) is 17.8 Å². The van der Waals surface area contributed by atoms with E-state index in [9.17, 15) is 0 Å². The van der Waals surface area contributed by atoms with Crippen LogP contribution in [0.15, 0.2) is 30.3 Å². The first kappa shape index (κ1) is 16.2. The average Bonchev–Trinajstić information content (AvgIpc) is 2.91. The summed E-state index contributed by atoms with van der Waals surface area (Å²) in [7, 11) is 0. The number of rotatable bonds is 3. The number of ether oxygens (including phenoxy) is 2. The monoisotopic (exact) mass is 344 g/mol. The van der Waals surface area contributed by atoms with Gasteiger partial charge in [0.1, 0.15) is 0 Å². The second kappa shape index (κ2) is 6.05. The molecule has 136 valence electrons. The molecule has 6 atom stereocenters. The molecule has 4 saturated heterocycles. The fraction of sp³-hybridized carbons (Fsp3) is 0.714. The van der Waals surface area contributed by atoms with E-state index in [0.717, 1.165) is 38.7 Å². The molecule has 0 aromatic heterocycles. The molecule has 1 aliphatic carbocycles. The third kappa shape index (κ3) is 2.49. The summed E-state index contributed by atoms with van der Waals surface area (Å²) < 4.78 is 12.7. The zero-order valence-electron chi connectivity index (χ0n) is 15.0. The molecular formula is C21H28O4. The fourth-order valence-corrected chi connectivity index (χ4v) is 5.67. The Morgan fingerprint density at radius 1 is 1.04 bits per heavy atom. The van der Waals surface area contributed by atoms with Crippen molar-refractivity contribution in [3.63, 3.8) is 0 Å². The van der Waals surface area contributed by atoms with Gasteiger partial charge in [0, 0.05) is 12.8 Å². The first-order valence-electron chi connectivity index (χ1n) is 9.92. The van der Waals surface area contributed by atoms with Crippen molar-refractivity contribution in [3.05, 3.63) is 35.9 Å². The van der Waals surface area contributed by atoms with Crippen LogP contribution < -0.4 is 0 Å². The van der Waals surface area contributed by atoms with Gasteiger partial charge in [-0.15, -0.1) is 0 Å². The van der Waals surface area contributed by atoms with Crippen LogP contribution in [0.2, 0.25) is 0 Å². The van der Waals surface area contributed by atoms with Gasteiger partial charge in [0.05, 0.1) is 6.61 Å². The Labute approximate surface area is 149 Å². The summed E-state index contributed by atoms with van der Waals surface area (Å²) in [5.41, 5.74) is 0.921. The summed E-state index contributed by atoms with van der Waals surface area (Å²) in [4.78, 5) is 12.3. The number of benzene rings is 1. The first-order valence-corrected chi connectivity index (χ1v) is 9.92. The van der Waals surface area contributed by atoms with E-state index in [1.54, 1.807) is 0 Å². The minimum Gasteiger partial charge on any atom is -0.349 e. The van der Waals surface area contributed by atoms with E-state index in [2.05, 4.69) is 37.3 Å². The van der Waals surface area contributed by atoms with E-state index in [1.165, 1.54) is 18.4 Å². The van der Waals surface area contributed by atoms with E-state index in [4.69, 9.17) is 19.2 Å². The molecule has 1 aromatic carbocycles. The standard InChI is InChI=1S/C21H28O4/c1-15-7-8-17-11-14-22-19-21(17)18(15)10-13-20(23-19,24-25-21)12-9-16-5-3-2-4-6-16/h2-6,15,17-19H,7-14H2,1H3/t15-,17+,18+,19-,20-,21+/m1/s1. The predicted octanol–water partition coefficient (Wildman–Crippen LogP) is 4.24. The van der Waals surface area contributed by atoms with Crippen LogP contribution in [0.5, 0.6) is 0 Å². The Kier molecular flexibility index (Phi) is 3.93. The Morgan fingerprint density at radius 3 is 2.80 bits per heavy atom. The van der Waals surface area contributed by atoms with Gasteiger partial charge < -0.3 is 9.47 Å². The number of hydrogen-bond acceptors (Lipinski definition) is 4. The molecule has 5 aliphatic rings. The molecule has 4 heterocycles. The third-order valence-corrected chi connectivity index (χ3v) is 7.11. The first-order chi connectivity index (χ1) is 12.2. The number of hydrogen-bond donors (Lipinski definition) is 0. The second-order valence-corrected chi connectivity index (χ2v) is 8.42. The molecule has 4 heteroatoms. The van der Waals surface area contributed by atoms with Crippen molar-refractivity contribution in [2.45, 2.75) is 69.5 Å². The van der Waals surface area contributed by atoms with Gasteiger partial charge in [0.25, 0.3) is 0 Å². The molecule has 5 fully saturated rings. The molecular weight excluding hydrogens is 316 g/mol. The highest BCUT2D eigenvalue weighted by Crippen LogP contribution is 2.59. The molecule has 4 nitrogen and oxygen atoms in total. The maximum atomic E-state index is 6.53. The number of aryl methyl sites for hydroxylation is 1. The summed E-state index contributed by atoms with van der Waals surface area (Å²) in [6.07, 6.45) is 6.99. The van der Waals surface area contributed by atoms with Crippen LogP contribution in [-0.2, 0) is 25.7 Å². The van der Waals surface area contributed by atoms with Crippen LogP contribution >= 0.6 is 0 Å². The van der Waals surface area contributed by atoms with Gasteiger partial charge in [-0.1, -0.05) is 37.3 Å². The zero-order valence-corrected chi connectivity index (χ0v) is 15.0. The van der Waals surface area contributed by atoms with Gasteiger partial charge in [0.15, 0.2) is 11.9 Å². The molecule has 1 aromatic rings. The lowest BCUT2D eigenvalue weighted by molar-refractivity contribution is -0.568. The Balaban J connectivity index is 1.42. The van der Waals surface area contributed by atoms with Crippen molar-refractivity contribution in [3.8, 4) is 0 Å². The van der Waals surface area contributed by atoms with Crippen LogP contribution in [0.3, 0.4) is 0 Å². The van der Waals surface area contributed by atoms with Gasteiger partial charge in [0.2, 0.25) is 5.79 Å². The fourth-order valence-electron chi connectivity index (χ4n) is 5.67. The highest BCUT2D eigenvalue weighted by Gasteiger charge is 2.67. The van der Waals surface area contributed by atoms with E-state index < -0.39 is 5.79 Å². The quantitative estimate of drug-likeness (QED) is 0.769. The van der Waals surface area contributed by atoms with Gasteiger partial charge in [-0.3, -0.25) is 0 Å². The van der Waals surface area contributed by atoms with Crippen molar-refractivity contribution >= 4 is 0 Å². The Hall–Kier alpha value is -0.940.